The Morgan fingerprint density at radius 1 is 1.12 bits per heavy atom. The second-order valence-electron chi connectivity index (χ2n) is 6.02. The van der Waals surface area contributed by atoms with Gasteiger partial charge in [0.15, 0.2) is 15.9 Å². The minimum Gasteiger partial charge on any atom is -0.481 e. The van der Waals surface area contributed by atoms with Crippen LogP contribution in [0.1, 0.15) is 31.9 Å². The van der Waals surface area contributed by atoms with Crippen LogP contribution in [-0.4, -0.2) is 26.7 Å². The van der Waals surface area contributed by atoms with Gasteiger partial charge in [-0.15, -0.1) is 0 Å². The van der Waals surface area contributed by atoms with E-state index in [4.69, 9.17) is 4.74 Å². The fourth-order valence-corrected chi connectivity index (χ4v) is 3.06. The SMILES string of the molecule is CC[C@H](NC(=O)[C@@H](C)Oc1ccc(F)cc1)c1ccc(S(C)(=O)=O)cc1. The lowest BCUT2D eigenvalue weighted by Crippen LogP contribution is -2.38. The molecule has 0 saturated carbocycles. The summed E-state index contributed by atoms with van der Waals surface area (Å²) in [5.74, 6) is -0.286. The second kappa shape index (κ2) is 8.31. The summed E-state index contributed by atoms with van der Waals surface area (Å²) in [7, 11) is -3.26. The Kier molecular flexibility index (Phi) is 6.37. The molecule has 2 aromatic rings. The first-order valence-electron chi connectivity index (χ1n) is 8.23. The highest BCUT2D eigenvalue weighted by Crippen LogP contribution is 2.20. The zero-order valence-corrected chi connectivity index (χ0v) is 15.7. The van der Waals surface area contributed by atoms with Crippen LogP contribution in [0.5, 0.6) is 5.75 Å². The van der Waals surface area contributed by atoms with Crippen LogP contribution in [0.15, 0.2) is 53.4 Å². The molecule has 0 saturated heterocycles. The average Bonchev–Trinajstić information content (AvgIpc) is 2.60. The first-order valence-corrected chi connectivity index (χ1v) is 10.1. The summed E-state index contributed by atoms with van der Waals surface area (Å²) in [6.45, 7) is 3.53. The highest BCUT2D eigenvalue weighted by molar-refractivity contribution is 7.90. The van der Waals surface area contributed by atoms with Crippen molar-refractivity contribution in [1.82, 2.24) is 5.32 Å². The maximum atomic E-state index is 12.9. The summed E-state index contributed by atoms with van der Waals surface area (Å²) < 4.78 is 41.5. The number of ether oxygens (including phenoxy) is 1. The maximum Gasteiger partial charge on any atom is 0.261 e. The molecular weight excluding hydrogens is 357 g/mol. The second-order valence-corrected chi connectivity index (χ2v) is 8.04. The normalized spacial score (nSPS) is 13.7. The van der Waals surface area contributed by atoms with E-state index in [1.807, 2.05) is 6.92 Å². The monoisotopic (exact) mass is 379 g/mol. The molecule has 0 aliphatic carbocycles. The molecule has 0 aliphatic heterocycles. The molecule has 0 aromatic heterocycles. The van der Waals surface area contributed by atoms with E-state index in [0.29, 0.717) is 12.2 Å². The van der Waals surface area contributed by atoms with Gasteiger partial charge >= 0.3 is 0 Å². The smallest absolute Gasteiger partial charge is 0.261 e. The molecule has 0 unspecified atom stereocenters. The molecule has 7 heteroatoms. The van der Waals surface area contributed by atoms with E-state index in [1.54, 1.807) is 19.1 Å². The van der Waals surface area contributed by atoms with Crippen LogP contribution in [-0.2, 0) is 14.6 Å². The molecule has 26 heavy (non-hydrogen) atoms. The van der Waals surface area contributed by atoms with Gasteiger partial charge in [-0.1, -0.05) is 19.1 Å². The molecule has 0 spiro atoms. The van der Waals surface area contributed by atoms with Gasteiger partial charge in [0.2, 0.25) is 0 Å². The number of carbonyl (C=O) groups is 1. The molecule has 1 N–H and O–H groups in total. The minimum absolute atomic E-state index is 0.232. The van der Waals surface area contributed by atoms with Crippen LogP contribution < -0.4 is 10.1 Å². The Balaban J connectivity index is 2.04. The van der Waals surface area contributed by atoms with E-state index in [-0.39, 0.29) is 22.7 Å². The van der Waals surface area contributed by atoms with Crippen molar-refractivity contribution in [3.8, 4) is 5.75 Å². The fourth-order valence-electron chi connectivity index (χ4n) is 2.43. The van der Waals surface area contributed by atoms with Gasteiger partial charge in [-0.2, -0.15) is 0 Å². The molecule has 1 amide bonds. The molecule has 0 bridgehead atoms. The Bertz CT molecular complexity index is 848. The average molecular weight is 379 g/mol. The van der Waals surface area contributed by atoms with Crippen LogP contribution in [0.2, 0.25) is 0 Å². The van der Waals surface area contributed by atoms with Crippen molar-refractivity contribution >= 4 is 15.7 Å². The Labute approximate surface area is 153 Å². The number of halogens is 1. The van der Waals surface area contributed by atoms with Gasteiger partial charge in [0.1, 0.15) is 11.6 Å². The number of benzene rings is 2. The highest BCUT2D eigenvalue weighted by Gasteiger charge is 2.20. The Morgan fingerprint density at radius 3 is 2.19 bits per heavy atom. The van der Waals surface area contributed by atoms with Crippen molar-refractivity contribution in [2.24, 2.45) is 0 Å². The summed E-state index contributed by atoms with van der Waals surface area (Å²) in [4.78, 5) is 12.6. The molecule has 0 radical (unpaired) electrons. The predicted molar refractivity (Wildman–Crippen MR) is 97.2 cm³/mol. The number of rotatable bonds is 7. The zero-order chi connectivity index (χ0) is 19.3. The lowest BCUT2D eigenvalue weighted by Gasteiger charge is -2.21. The van der Waals surface area contributed by atoms with Crippen LogP contribution >= 0.6 is 0 Å². The van der Waals surface area contributed by atoms with E-state index in [9.17, 15) is 17.6 Å². The number of sulfone groups is 1. The standard InChI is InChI=1S/C19H22FNO4S/c1-4-18(14-5-11-17(12-6-14)26(3,23)24)21-19(22)13(2)25-16-9-7-15(20)8-10-16/h5-13,18H,4H2,1-3H3,(H,21,22)/t13-,18+/m1/s1. The van der Waals surface area contributed by atoms with E-state index < -0.39 is 15.9 Å². The number of carbonyl (C=O) groups excluding carboxylic acids is 1. The third-order valence-electron chi connectivity index (χ3n) is 3.93. The topological polar surface area (TPSA) is 72.5 Å². The molecule has 0 aliphatic rings. The maximum absolute atomic E-state index is 12.9. The summed E-state index contributed by atoms with van der Waals surface area (Å²) in [6.07, 6.45) is 1.02. The van der Waals surface area contributed by atoms with Crippen molar-refractivity contribution in [2.45, 2.75) is 37.3 Å². The molecule has 2 rings (SSSR count). The summed E-state index contributed by atoms with van der Waals surface area (Å²) >= 11 is 0. The van der Waals surface area contributed by atoms with Gasteiger partial charge in [0, 0.05) is 6.26 Å². The van der Waals surface area contributed by atoms with Crippen molar-refractivity contribution in [3.05, 3.63) is 59.9 Å². The van der Waals surface area contributed by atoms with Crippen LogP contribution in [0.3, 0.4) is 0 Å². The van der Waals surface area contributed by atoms with Gasteiger partial charge in [-0.3, -0.25) is 4.79 Å². The fraction of sp³-hybridized carbons (Fsp3) is 0.316. The van der Waals surface area contributed by atoms with Gasteiger partial charge in [0.05, 0.1) is 10.9 Å². The molecule has 140 valence electrons. The Morgan fingerprint density at radius 2 is 1.69 bits per heavy atom. The molecule has 2 aromatic carbocycles. The van der Waals surface area contributed by atoms with Crippen LogP contribution in [0.4, 0.5) is 4.39 Å². The predicted octanol–water partition coefficient (Wildman–Crippen LogP) is 3.26. The minimum atomic E-state index is -3.26. The van der Waals surface area contributed by atoms with Crippen molar-refractivity contribution in [1.29, 1.82) is 0 Å². The number of hydrogen-bond donors (Lipinski definition) is 1. The summed E-state index contributed by atoms with van der Waals surface area (Å²) in [5.41, 5.74) is 0.808. The number of amides is 1. The van der Waals surface area contributed by atoms with E-state index in [1.165, 1.54) is 36.4 Å². The van der Waals surface area contributed by atoms with E-state index in [0.717, 1.165) is 11.8 Å². The van der Waals surface area contributed by atoms with E-state index in [2.05, 4.69) is 5.32 Å². The Hall–Kier alpha value is -2.41. The number of hydrogen-bond acceptors (Lipinski definition) is 4. The summed E-state index contributed by atoms with van der Waals surface area (Å²) in [6, 6.07) is 11.6. The highest BCUT2D eigenvalue weighted by atomic mass is 32.2. The molecule has 0 fully saturated rings. The van der Waals surface area contributed by atoms with Crippen molar-refractivity contribution in [2.75, 3.05) is 6.26 Å². The lowest BCUT2D eigenvalue weighted by molar-refractivity contribution is -0.128. The molecule has 2 atom stereocenters. The van der Waals surface area contributed by atoms with Crippen molar-refractivity contribution in [3.63, 3.8) is 0 Å². The molecule has 0 heterocycles. The van der Waals surface area contributed by atoms with Crippen LogP contribution in [0.25, 0.3) is 0 Å². The summed E-state index contributed by atoms with van der Waals surface area (Å²) in [5, 5.41) is 2.89. The molecule has 5 nitrogen and oxygen atoms in total. The van der Waals surface area contributed by atoms with Gasteiger partial charge < -0.3 is 10.1 Å². The van der Waals surface area contributed by atoms with Gasteiger partial charge in [0.25, 0.3) is 5.91 Å². The van der Waals surface area contributed by atoms with Gasteiger partial charge in [-0.25, -0.2) is 12.8 Å². The number of nitrogens with one attached hydrogen (secondary N) is 1. The third-order valence-corrected chi connectivity index (χ3v) is 5.06. The third kappa shape index (κ3) is 5.29. The first-order chi connectivity index (χ1) is 12.2. The zero-order valence-electron chi connectivity index (χ0n) is 14.9. The lowest BCUT2D eigenvalue weighted by atomic mass is 10.0. The van der Waals surface area contributed by atoms with Crippen molar-refractivity contribution < 1.29 is 22.3 Å². The van der Waals surface area contributed by atoms with Gasteiger partial charge in [-0.05, 0) is 55.3 Å². The quantitative estimate of drug-likeness (QED) is 0.801. The first kappa shape index (κ1) is 19.9. The molecular formula is C19H22FNO4S. The van der Waals surface area contributed by atoms with Crippen LogP contribution in [0, 0.1) is 5.82 Å². The van der Waals surface area contributed by atoms with E-state index >= 15 is 0 Å². The largest absolute Gasteiger partial charge is 0.481 e.